The SMILES string of the molecule is CCCNC(C)c1cccnc1SC(C)CCO. The number of aliphatic hydroxyl groups is 1. The molecule has 1 heterocycles. The highest BCUT2D eigenvalue weighted by Gasteiger charge is 2.13. The van der Waals surface area contributed by atoms with Gasteiger partial charge < -0.3 is 10.4 Å². The minimum atomic E-state index is 0.236. The average molecular weight is 268 g/mol. The molecule has 102 valence electrons. The van der Waals surface area contributed by atoms with E-state index >= 15 is 0 Å². The summed E-state index contributed by atoms with van der Waals surface area (Å²) >= 11 is 1.75. The Bertz CT molecular complexity index is 346. The van der Waals surface area contributed by atoms with Crippen LogP contribution in [0, 0.1) is 0 Å². The lowest BCUT2D eigenvalue weighted by Crippen LogP contribution is -2.20. The van der Waals surface area contributed by atoms with Crippen LogP contribution in [0.5, 0.6) is 0 Å². The van der Waals surface area contributed by atoms with Crippen molar-refractivity contribution in [3.8, 4) is 0 Å². The lowest BCUT2D eigenvalue weighted by molar-refractivity contribution is 0.289. The first-order valence-electron chi connectivity index (χ1n) is 6.64. The van der Waals surface area contributed by atoms with Gasteiger partial charge in [0.1, 0.15) is 5.03 Å². The first-order valence-corrected chi connectivity index (χ1v) is 7.52. The summed E-state index contributed by atoms with van der Waals surface area (Å²) in [6.45, 7) is 7.73. The van der Waals surface area contributed by atoms with Crippen molar-refractivity contribution < 1.29 is 5.11 Å². The predicted octanol–water partition coefficient (Wildman–Crippen LogP) is 3.01. The molecule has 0 aliphatic rings. The first kappa shape index (κ1) is 15.5. The molecule has 4 heteroatoms. The van der Waals surface area contributed by atoms with Gasteiger partial charge in [-0.25, -0.2) is 4.98 Å². The van der Waals surface area contributed by atoms with Gasteiger partial charge in [-0.2, -0.15) is 0 Å². The summed E-state index contributed by atoms with van der Waals surface area (Å²) in [5.41, 5.74) is 1.25. The Labute approximate surface area is 114 Å². The Balaban J connectivity index is 2.72. The zero-order valence-electron chi connectivity index (χ0n) is 11.5. The van der Waals surface area contributed by atoms with Gasteiger partial charge in [-0.15, -0.1) is 11.8 Å². The number of hydrogen-bond donors (Lipinski definition) is 2. The normalized spacial score (nSPS) is 14.4. The zero-order chi connectivity index (χ0) is 13.4. The van der Waals surface area contributed by atoms with Gasteiger partial charge in [0.05, 0.1) is 0 Å². The van der Waals surface area contributed by atoms with Crippen molar-refractivity contribution in [3.63, 3.8) is 0 Å². The monoisotopic (exact) mass is 268 g/mol. The highest BCUT2D eigenvalue weighted by atomic mass is 32.2. The summed E-state index contributed by atoms with van der Waals surface area (Å²) in [5.74, 6) is 0. The zero-order valence-corrected chi connectivity index (χ0v) is 12.3. The number of nitrogens with one attached hydrogen (secondary N) is 1. The number of aliphatic hydroxyl groups excluding tert-OH is 1. The summed E-state index contributed by atoms with van der Waals surface area (Å²) < 4.78 is 0. The summed E-state index contributed by atoms with van der Waals surface area (Å²) in [6, 6.07) is 4.44. The van der Waals surface area contributed by atoms with E-state index in [9.17, 15) is 0 Å². The molecule has 0 fully saturated rings. The van der Waals surface area contributed by atoms with E-state index in [1.54, 1.807) is 11.8 Å². The lowest BCUT2D eigenvalue weighted by Gasteiger charge is -2.18. The highest BCUT2D eigenvalue weighted by molar-refractivity contribution is 7.99. The molecular weight excluding hydrogens is 244 g/mol. The van der Waals surface area contributed by atoms with E-state index in [1.807, 2.05) is 12.3 Å². The van der Waals surface area contributed by atoms with Crippen molar-refractivity contribution in [3.05, 3.63) is 23.9 Å². The van der Waals surface area contributed by atoms with E-state index < -0.39 is 0 Å². The molecule has 0 amide bonds. The van der Waals surface area contributed by atoms with Crippen LogP contribution in [0.1, 0.15) is 45.2 Å². The van der Waals surface area contributed by atoms with E-state index in [-0.39, 0.29) is 6.61 Å². The maximum absolute atomic E-state index is 8.96. The molecule has 1 aromatic rings. The molecule has 0 spiro atoms. The van der Waals surface area contributed by atoms with Gasteiger partial charge in [0.25, 0.3) is 0 Å². The van der Waals surface area contributed by atoms with Crippen molar-refractivity contribution >= 4 is 11.8 Å². The van der Waals surface area contributed by atoms with E-state index in [0.29, 0.717) is 11.3 Å². The molecule has 0 aliphatic carbocycles. The highest BCUT2D eigenvalue weighted by Crippen LogP contribution is 2.29. The molecule has 0 radical (unpaired) electrons. The number of rotatable bonds is 8. The Morgan fingerprint density at radius 1 is 1.44 bits per heavy atom. The molecule has 18 heavy (non-hydrogen) atoms. The molecule has 2 atom stereocenters. The summed E-state index contributed by atoms with van der Waals surface area (Å²) in [4.78, 5) is 4.47. The predicted molar refractivity (Wildman–Crippen MR) is 78.0 cm³/mol. The quantitative estimate of drug-likeness (QED) is 0.711. The topological polar surface area (TPSA) is 45.2 Å². The van der Waals surface area contributed by atoms with Crippen molar-refractivity contribution in [1.29, 1.82) is 0 Å². The van der Waals surface area contributed by atoms with E-state index in [2.05, 4.69) is 37.1 Å². The summed E-state index contributed by atoms with van der Waals surface area (Å²) in [7, 11) is 0. The van der Waals surface area contributed by atoms with E-state index in [4.69, 9.17) is 5.11 Å². The van der Waals surface area contributed by atoms with Crippen LogP contribution in [0.3, 0.4) is 0 Å². The number of pyridine rings is 1. The fourth-order valence-electron chi connectivity index (χ4n) is 1.73. The molecule has 2 N–H and O–H groups in total. The molecule has 0 aliphatic heterocycles. The van der Waals surface area contributed by atoms with Gasteiger partial charge >= 0.3 is 0 Å². The van der Waals surface area contributed by atoms with Crippen molar-refractivity contribution in [2.24, 2.45) is 0 Å². The summed E-state index contributed by atoms with van der Waals surface area (Å²) in [6.07, 6.45) is 3.77. The van der Waals surface area contributed by atoms with Crippen LogP contribution in [0.25, 0.3) is 0 Å². The van der Waals surface area contributed by atoms with Gasteiger partial charge in [-0.1, -0.05) is 19.9 Å². The molecular formula is C14H24N2OS. The Morgan fingerprint density at radius 3 is 2.89 bits per heavy atom. The first-order chi connectivity index (χ1) is 8.69. The fraction of sp³-hybridized carbons (Fsp3) is 0.643. The molecule has 0 bridgehead atoms. The maximum atomic E-state index is 8.96. The van der Waals surface area contributed by atoms with E-state index in [1.165, 1.54) is 5.56 Å². The number of hydrogen-bond acceptors (Lipinski definition) is 4. The second kappa shape index (κ2) is 8.51. The largest absolute Gasteiger partial charge is 0.396 e. The minimum absolute atomic E-state index is 0.236. The van der Waals surface area contributed by atoms with Crippen LogP contribution in [0.4, 0.5) is 0 Å². The second-order valence-corrected chi connectivity index (χ2v) is 5.94. The molecule has 3 nitrogen and oxygen atoms in total. The standard InChI is InChI=1S/C14H24N2OS/c1-4-8-15-12(3)13-6-5-9-16-14(13)18-11(2)7-10-17/h5-6,9,11-12,15,17H,4,7-8,10H2,1-3H3. The van der Waals surface area contributed by atoms with Crippen LogP contribution in [-0.2, 0) is 0 Å². The number of aromatic nitrogens is 1. The second-order valence-electron chi connectivity index (χ2n) is 4.51. The summed E-state index contributed by atoms with van der Waals surface area (Å²) in [5, 5.41) is 13.9. The van der Waals surface area contributed by atoms with Gasteiger partial charge in [0.15, 0.2) is 0 Å². The maximum Gasteiger partial charge on any atom is 0.101 e. The van der Waals surface area contributed by atoms with Gasteiger partial charge in [0, 0.05) is 29.7 Å². The van der Waals surface area contributed by atoms with Crippen LogP contribution in [-0.4, -0.2) is 28.5 Å². The molecule has 1 rings (SSSR count). The van der Waals surface area contributed by atoms with Crippen LogP contribution in [0.2, 0.25) is 0 Å². The van der Waals surface area contributed by atoms with Crippen molar-refractivity contribution in [1.82, 2.24) is 10.3 Å². The van der Waals surface area contributed by atoms with Gasteiger partial charge in [-0.3, -0.25) is 0 Å². The molecule has 1 aromatic heterocycles. The third-order valence-corrected chi connectivity index (χ3v) is 4.02. The molecule has 0 aromatic carbocycles. The van der Waals surface area contributed by atoms with Crippen LogP contribution >= 0.6 is 11.8 Å². The van der Waals surface area contributed by atoms with Crippen LogP contribution in [0.15, 0.2) is 23.4 Å². The number of thioether (sulfide) groups is 1. The molecule has 2 unspecified atom stereocenters. The smallest absolute Gasteiger partial charge is 0.101 e. The number of nitrogens with zero attached hydrogens (tertiary/aromatic N) is 1. The van der Waals surface area contributed by atoms with Crippen molar-refractivity contribution in [2.75, 3.05) is 13.2 Å². The Morgan fingerprint density at radius 2 is 2.22 bits per heavy atom. The van der Waals surface area contributed by atoms with Crippen LogP contribution < -0.4 is 5.32 Å². The fourth-order valence-corrected chi connectivity index (χ4v) is 2.84. The minimum Gasteiger partial charge on any atom is -0.396 e. The van der Waals surface area contributed by atoms with E-state index in [0.717, 1.165) is 24.4 Å². The van der Waals surface area contributed by atoms with Crippen molar-refractivity contribution in [2.45, 2.75) is 49.9 Å². The third-order valence-electron chi connectivity index (χ3n) is 2.82. The Kier molecular flexibility index (Phi) is 7.32. The molecule has 0 saturated heterocycles. The van der Waals surface area contributed by atoms with Gasteiger partial charge in [-0.05, 0) is 32.4 Å². The van der Waals surface area contributed by atoms with Gasteiger partial charge in [0.2, 0.25) is 0 Å². The Hall–Kier alpha value is -0.580. The molecule has 0 saturated carbocycles. The lowest BCUT2D eigenvalue weighted by atomic mass is 10.1. The average Bonchev–Trinajstić information content (AvgIpc) is 2.37. The third kappa shape index (κ3) is 4.96.